The Hall–Kier alpha value is -4.06. The fraction of sp³-hybridized carbons (Fsp3) is 0.323. The third kappa shape index (κ3) is 5.80. The first-order chi connectivity index (χ1) is 20.5. The molecule has 214 valence electrons. The average molecular weight is 628 g/mol. The SMILES string of the molecule is N#CC(=CC1CCCNC1)C(=O)N1CCCC1Cn1nc(-c2ccc(Oc3ccccc3)cc2F)c2c([AsH2])ncnc21. The molecule has 11 heteroatoms. The zero-order valence-electron chi connectivity index (χ0n) is 23.0. The molecule has 3 atom stereocenters. The Morgan fingerprint density at radius 2 is 2.02 bits per heavy atom. The number of benzene rings is 2. The van der Waals surface area contributed by atoms with Gasteiger partial charge in [0.15, 0.2) is 0 Å². The number of ether oxygens (including phenoxy) is 1. The van der Waals surface area contributed by atoms with E-state index >= 15 is 4.39 Å². The second-order valence-corrected chi connectivity index (χ2v) is 11.8. The number of halogens is 1. The molecule has 3 unspecified atom stereocenters. The van der Waals surface area contributed by atoms with E-state index < -0.39 is 5.82 Å². The molecule has 2 aromatic heterocycles. The van der Waals surface area contributed by atoms with Gasteiger partial charge in [0.2, 0.25) is 0 Å². The van der Waals surface area contributed by atoms with Crippen LogP contribution in [0.25, 0.3) is 22.3 Å². The van der Waals surface area contributed by atoms with Crippen molar-refractivity contribution in [2.75, 3.05) is 19.6 Å². The number of para-hydroxylation sites is 1. The fourth-order valence-electron chi connectivity index (χ4n) is 5.78. The normalized spacial score (nSPS) is 19.2. The molecular weight excluding hydrogens is 596 g/mol. The molecule has 0 spiro atoms. The zero-order chi connectivity index (χ0) is 29.1. The van der Waals surface area contributed by atoms with Gasteiger partial charge in [0.05, 0.1) is 0 Å². The second kappa shape index (κ2) is 12.4. The molecule has 2 fully saturated rings. The minimum absolute atomic E-state index is 0.165. The molecule has 0 radical (unpaired) electrons. The monoisotopic (exact) mass is 627 g/mol. The summed E-state index contributed by atoms with van der Waals surface area (Å²) in [6.45, 7) is 2.70. The number of fused-ring (bicyclic) bond motifs is 1. The van der Waals surface area contributed by atoms with Crippen LogP contribution in [0.5, 0.6) is 11.5 Å². The summed E-state index contributed by atoms with van der Waals surface area (Å²) >= 11 is 1.30. The van der Waals surface area contributed by atoms with Gasteiger partial charge in [-0.2, -0.15) is 0 Å². The first-order valence-electron chi connectivity index (χ1n) is 14.1. The number of hydrogen-bond acceptors (Lipinski definition) is 7. The molecule has 1 N–H and O–H groups in total. The fourth-order valence-corrected chi connectivity index (χ4v) is 6.48. The van der Waals surface area contributed by atoms with Crippen LogP contribution in [0.2, 0.25) is 0 Å². The quantitative estimate of drug-likeness (QED) is 0.191. The van der Waals surface area contributed by atoms with E-state index in [9.17, 15) is 10.1 Å². The molecule has 0 bridgehead atoms. The van der Waals surface area contributed by atoms with Gasteiger partial charge in [0.25, 0.3) is 0 Å². The van der Waals surface area contributed by atoms with Crippen molar-refractivity contribution in [2.45, 2.75) is 38.3 Å². The first-order valence-corrected chi connectivity index (χ1v) is 15.4. The van der Waals surface area contributed by atoms with Crippen LogP contribution in [0.3, 0.4) is 0 Å². The molecule has 2 saturated heterocycles. The van der Waals surface area contributed by atoms with E-state index in [1.165, 1.54) is 29.2 Å². The van der Waals surface area contributed by atoms with Crippen molar-refractivity contribution in [3.63, 3.8) is 0 Å². The van der Waals surface area contributed by atoms with Gasteiger partial charge in [-0.15, -0.1) is 0 Å². The molecule has 9 nitrogen and oxygen atoms in total. The number of nitrogens with zero attached hydrogens (tertiary/aromatic N) is 6. The van der Waals surface area contributed by atoms with Gasteiger partial charge in [-0.05, 0) is 13.0 Å². The molecule has 2 aliphatic heterocycles. The van der Waals surface area contributed by atoms with Crippen molar-refractivity contribution < 1.29 is 13.9 Å². The van der Waals surface area contributed by atoms with Crippen molar-refractivity contribution in [3.05, 3.63) is 72.3 Å². The average Bonchev–Trinajstić information content (AvgIpc) is 3.62. The molecule has 0 saturated carbocycles. The Bertz CT molecular complexity index is 1680. The number of likely N-dealkylation sites (tertiary alicyclic amines) is 1. The standard InChI is InChI=1S/C31H31AsFN7O2/c32-29-27-28(25-11-10-24(15-26(25)33)42-23-8-2-1-3-9-23)38-40(30(27)37-19-36-29)18-22-7-5-13-39(22)31(41)21(16-34)14-20-6-4-12-35-17-20/h1-3,8-11,14-15,19-20,22,35H,4-7,12-13,17-18,32H2. The van der Waals surface area contributed by atoms with Gasteiger partial charge >= 0.3 is 234 Å². The maximum absolute atomic E-state index is 15.5. The number of nitriles is 1. The second-order valence-electron chi connectivity index (χ2n) is 10.6. The number of piperidine rings is 1. The van der Waals surface area contributed by atoms with E-state index in [-0.39, 0.29) is 23.4 Å². The number of nitrogens with one attached hydrogen (secondary N) is 1. The van der Waals surface area contributed by atoms with Crippen LogP contribution in [0.4, 0.5) is 4.39 Å². The van der Waals surface area contributed by atoms with Gasteiger partial charge < -0.3 is 5.32 Å². The minimum atomic E-state index is -0.468. The zero-order valence-corrected chi connectivity index (χ0v) is 25.5. The van der Waals surface area contributed by atoms with Crippen LogP contribution < -0.4 is 14.5 Å². The van der Waals surface area contributed by atoms with Crippen molar-refractivity contribution in [1.29, 1.82) is 5.26 Å². The number of carbonyl (C=O) groups is 1. The summed E-state index contributed by atoms with van der Waals surface area (Å²) in [5, 5.41) is 18.7. The molecule has 4 aromatic rings. The molecule has 0 aliphatic carbocycles. The third-order valence-electron chi connectivity index (χ3n) is 7.84. The Kier molecular flexibility index (Phi) is 8.31. The van der Waals surface area contributed by atoms with E-state index in [0.29, 0.717) is 46.9 Å². The number of rotatable bonds is 7. The van der Waals surface area contributed by atoms with Crippen molar-refractivity contribution >= 4 is 38.3 Å². The topological polar surface area (TPSA) is 109 Å². The number of aromatic nitrogens is 4. The summed E-state index contributed by atoms with van der Waals surface area (Å²) in [5.74, 6) is 0.471. The Morgan fingerprint density at radius 3 is 2.79 bits per heavy atom. The van der Waals surface area contributed by atoms with Crippen molar-refractivity contribution in [3.8, 4) is 28.8 Å². The summed E-state index contributed by atoms with van der Waals surface area (Å²) in [4.78, 5) is 24.2. The van der Waals surface area contributed by atoms with E-state index in [1.807, 2.05) is 36.4 Å². The summed E-state index contributed by atoms with van der Waals surface area (Å²) in [5.41, 5.74) is 1.56. The van der Waals surface area contributed by atoms with Gasteiger partial charge in [0.1, 0.15) is 0 Å². The van der Waals surface area contributed by atoms with Gasteiger partial charge in [-0.3, -0.25) is 0 Å². The molecule has 1 amide bonds. The van der Waals surface area contributed by atoms with Crippen LogP contribution in [-0.4, -0.2) is 73.1 Å². The predicted octanol–water partition coefficient (Wildman–Crippen LogP) is 3.12. The molecule has 2 aromatic carbocycles. The third-order valence-corrected chi connectivity index (χ3v) is 8.76. The van der Waals surface area contributed by atoms with Crippen LogP contribution in [0.15, 0.2) is 66.5 Å². The number of carbonyl (C=O) groups excluding carboxylic acids is 1. The Morgan fingerprint density at radius 1 is 1.17 bits per heavy atom. The molecule has 42 heavy (non-hydrogen) atoms. The predicted molar refractivity (Wildman–Crippen MR) is 159 cm³/mol. The van der Waals surface area contributed by atoms with Crippen LogP contribution in [0.1, 0.15) is 25.7 Å². The van der Waals surface area contributed by atoms with Gasteiger partial charge in [-0.1, -0.05) is 0 Å². The summed E-state index contributed by atoms with van der Waals surface area (Å²) in [7, 11) is 0. The molecule has 4 heterocycles. The van der Waals surface area contributed by atoms with E-state index in [4.69, 9.17) is 9.84 Å². The van der Waals surface area contributed by atoms with Crippen LogP contribution in [0, 0.1) is 23.1 Å². The van der Waals surface area contributed by atoms with Gasteiger partial charge in [0, 0.05) is 0 Å². The maximum atomic E-state index is 15.5. The summed E-state index contributed by atoms with van der Waals surface area (Å²) < 4.78 is 23.8. The van der Waals surface area contributed by atoms with E-state index in [2.05, 4.69) is 21.4 Å². The molecule has 2 aliphatic rings. The first kappa shape index (κ1) is 28.1. The number of amides is 1. The molecule has 6 rings (SSSR count). The van der Waals surface area contributed by atoms with Gasteiger partial charge in [-0.25, -0.2) is 0 Å². The van der Waals surface area contributed by atoms with Crippen molar-refractivity contribution in [1.82, 2.24) is 30.0 Å². The summed E-state index contributed by atoms with van der Waals surface area (Å²) in [6.07, 6.45) is 6.92. The van der Waals surface area contributed by atoms with Crippen LogP contribution in [-0.2, 0) is 11.3 Å². The van der Waals surface area contributed by atoms with Crippen molar-refractivity contribution in [2.24, 2.45) is 5.92 Å². The van der Waals surface area contributed by atoms with E-state index in [1.54, 1.807) is 21.7 Å². The molecular formula is C31H31AsFN7O2. The Balaban J connectivity index is 1.28. The van der Waals surface area contributed by atoms with E-state index in [0.717, 1.165) is 43.3 Å². The number of hydrogen-bond donors (Lipinski definition) is 1. The summed E-state index contributed by atoms with van der Waals surface area (Å²) in [6, 6.07) is 15.9. The Labute approximate surface area is 251 Å². The van der Waals surface area contributed by atoms with Crippen LogP contribution >= 0.6 is 0 Å².